The lowest BCUT2D eigenvalue weighted by molar-refractivity contribution is -0.122. The van der Waals surface area contributed by atoms with Crippen LogP contribution in [0.3, 0.4) is 0 Å². The van der Waals surface area contributed by atoms with Gasteiger partial charge >= 0.3 is 0 Å². The van der Waals surface area contributed by atoms with Crippen LogP contribution in [0.1, 0.15) is 27.9 Å². The van der Waals surface area contributed by atoms with E-state index < -0.39 is 29.6 Å². The second kappa shape index (κ2) is 9.04. The molecule has 3 amide bonds. The van der Waals surface area contributed by atoms with Gasteiger partial charge in [0, 0.05) is 11.0 Å². The molecule has 0 aliphatic carbocycles. The van der Waals surface area contributed by atoms with Gasteiger partial charge in [0.1, 0.15) is 11.9 Å². The molecule has 1 saturated heterocycles. The van der Waals surface area contributed by atoms with E-state index in [0.717, 1.165) is 20.5 Å². The first-order valence-electron chi connectivity index (χ1n) is 10.1. The molecule has 3 aromatic carbocycles. The number of amides is 3. The van der Waals surface area contributed by atoms with Gasteiger partial charge in [0.05, 0.1) is 17.7 Å². The molecule has 0 N–H and O–H groups in total. The van der Waals surface area contributed by atoms with Gasteiger partial charge in [-0.3, -0.25) is 14.4 Å². The third-order valence-corrected chi connectivity index (χ3v) is 5.95. The molecule has 1 atom stereocenters. The lowest BCUT2D eigenvalue weighted by Gasteiger charge is -2.28. The van der Waals surface area contributed by atoms with Gasteiger partial charge in [-0.1, -0.05) is 57.9 Å². The Labute approximate surface area is 193 Å². The molecule has 162 valence electrons. The number of rotatable bonds is 5. The van der Waals surface area contributed by atoms with Crippen LogP contribution < -0.4 is 4.90 Å². The highest BCUT2D eigenvalue weighted by molar-refractivity contribution is 9.10. The Balaban J connectivity index is 1.70. The first-order chi connectivity index (χ1) is 15.3. The molecular formula is C25H20BrFN2O3. The second-order valence-corrected chi connectivity index (χ2v) is 8.58. The monoisotopic (exact) mass is 494 g/mol. The molecule has 0 spiro atoms. The summed E-state index contributed by atoms with van der Waals surface area (Å²) in [7, 11) is 0. The Kier molecular flexibility index (Phi) is 6.19. The van der Waals surface area contributed by atoms with Crippen molar-refractivity contribution in [2.75, 3.05) is 4.90 Å². The molecular weight excluding hydrogens is 475 g/mol. The molecule has 1 aliphatic heterocycles. The summed E-state index contributed by atoms with van der Waals surface area (Å²) in [5.74, 6) is -2.22. The van der Waals surface area contributed by atoms with Gasteiger partial charge in [0.15, 0.2) is 0 Å². The number of aryl methyl sites for hydroxylation is 1. The van der Waals surface area contributed by atoms with Gasteiger partial charge in [0.25, 0.3) is 11.8 Å². The third-order valence-electron chi connectivity index (χ3n) is 5.42. The summed E-state index contributed by atoms with van der Waals surface area (Å²) in [5, 5.41) is 0. The van der Waals surface area contributed by atoms with Crippen LogP contribution in [0, 0.1) is 12.7 Å². The number of hydrogen-bond donors (Lipinski definition) is 0. The fraction of sp³-hybridized carbons (Fsp3) is 0.160. The zero-order valence-electron chi connectivity index (χ0n) is 17.3. The molecule has 0 aromatic heterocycles. The van der Waals surface area contributed by atoms with Crippen molar-refractivity contribution in [3.63, 3.8) is 0 Å². The van der Waals surface area contributed by atoms with Crippen LogP contribution in [0.5, 0.6) is 0 Å². The SMILES string of the molecule is Cc1ccc(CN(C(=O)c2ccccc2F)C2CC(=O)N(c3ccc(Br)cc3)C2=O)cc1. The molecule has 7 heteroatoms. The first kappa shape index (κ1) is 21.9. The van der Waals surface area contributed by atoms with Crippen LogP contribution in [0.4, 0.5) is 10.1 Å². The van der Waals surface area contributed by atoms with E-state index in [4.69, 9.17) is 0 Å². The van der Waals surface area contributed by atoms with Crippen molar-refractivity contribution in [2.24, 2.45) is 0 Å². The van der Waals surface area contributed by atoms with Crippen LogP contribution in [-0.2, 0) is 16.1 Å². The highest BCUT2D eigenvalue weighted by Crippen LogP contribution is 2.29. The summed E-state index contributed by atoms with van der Waals surface area (Å²) in [5.41, 5.74) is 2.12. The number of benzene rings is 3. The summed E-state index contributed by atoms with van der Waals surface area (Å²) < 4.78 is 15.2. The summed E-state index contributed by atoms with van der Waals surface area (Å²) in [6, 6.07) is 18.9. The molecule has 1 fully saturated rings. The van der Waals surface area contributed by atoms with Gasteiger partial charge in [-0.2, -0.15) is 0 Å². The smallest absolute Gasteiger partial charge is 0.257 e. The fourth-order valence-electron chi connectivity index (χ4n) is 3.72. The molecule has 32 heavy (non-hydrogen) atoms. The number of imide groups is 1. The van der Waals surface area contributed by atoms with Crippen LogP contribution in [0.15, 0.2) is 77.3 Å². The number of halogens is 2. The van der Waals surface area contributed by atoms with Crippen molar-refractivity contribution in [2.45, 2.75) is 25.9 Å². The molecule has 1 aliphatic rings. The van der Waals surface area contributed by atoms with Gasteiger partial charge in [-0.25, -0.2) is 9.29 Å². The second-order valence-electron chi connectivity index (χ2n) is 7.66. The molecule has 1 unspecified atom stereocenters. The summed E-state index contributed by atoms with van der Waals surface area (Å²) in [4.78, 5) is 41.8. The van der Waals surface area contributed by atoms with Crippen molar-refractivity contribution < 1.29 is 18.8 Å². The molecule has 1 heterocycles. The van der Waals surface area contributed by atoms with Crippen LogP contribution >= 0.6 is 15.9 Å². The Morgan fingerprint density at radius 2 is 1.69 bits per heavy atom. The molecule has 0 saturated carbocycles. The van der Waals surface area contributed by atoms with Gasteiger partial charge < -0.3 is 4.90 Å². The van der Waals surface area contributed by atoms with Crippen molar-refractivity contribution in [1.29, 1.82) is 0 Å². The molecule has 5 nitrogen and oxygen atoms in total. The van der Waals surface area contributed by atoms with Gasteiger partial charge in [0.2, 0.25) is 5.91 Å². The summed E-state index contributed by atoms with van der Waals surface area (Å²) in [6.45, 7) is 2.02. The average Bonchev–Trinajstić information content (AvgIpc) is 3.07. The minimum Gasteiger partial charge on any atom is -0.322 e. The number of carbonyl (C=O) groups is 3. The number of anilines is 1. The van der Waals surface area contributed by atoms with Crippen molar-refractivity contribution in [1.82, 2.24) is 4.90 Å². The quantitative estimate of drug-likeness (QED) is 0.475. The average molecular weight is 495 g/mol. The lowest BCUT2D eigenvalue weighted by atomic mass is 10.1. The van der Waals surface area contributed by atoms with Crippen molar-refractivity contribution >= 4 is 39.3 Å². The Bertz CT molecular complexity index is 1180. The van der Waals surface area contributed by atoms with E-state index in [1.165, 1.54) is 23.1 Å². The Hall–Kier alpha value is -3.32. The van der Waals surface area contributed by atoms with Crippen molar-refractivity contribution in [3.05, 3.63) is 99.8 Å². The maximum absolute atomic E-state index is 14.4. The van der Waals surface area contributed by atoms with E-state index in [0.29, 0.717) is 5.69 Å². The maximum atomic E-state index is 14.4. The predicted molar refractivity (Wildman–Crippen MR) is 122 cm³/mol. The van der Waals surface area contributed by atoms with E-state index in [1.54, 1.807) is 30.3 Å². The summed E-state index contributed by atoms with van der Waals surface area (Å²) >= 11 is 3.34. The van der Waals surface area contributed by atoms with Gasteiger partial charge in [-0.05, 0) is 48.9 Å². The predicted octanol–water partition coefficient (Wildman–Crippen LogP) is 4.87. The van der Waals surface area contributed by atoms with E-state index in [-0.39, 0.29) is 18.5 Å². The molecule has 4 rings (SSSR count). The molecule has 0 bridgehead atoms. The minimum absolute atomic E-state index is 0.0747. The van der Waals surface area contributed by atoms with Crippen LogP contribution in [0.2, 0.25) is 0 Å². The lowest BCUT2D eigenvalue weighted by Crippen LogP contribution is -2.45. The van der Waals surface area contributed by atoms with Crippen LogP contribution in [0.25, 0.3) is 0 Å². The van der Waals surface area contributed by atoms with E-state index >= 15 is 0 Å². The topological polar surface area (TPSA) is 57.7 Å². The zero-order chi connectivity index (χ0) is 22.8. The highest BCUT2D eigenvalue weighted by Gasteiger charge is 2.44. The van der Waals surface area contributed by atoms with Gasteiger partial charge in [-0.15, -0.1) is 0 Å². The number of carbonyl (C=O) groups excluding carboxylic acids is 3. The van der Waals surface area contributed by atoms with Crippen LogP contribution in [-0.4, -0.2) is 28.7 Å². The molecule has 0 radical (unpaired) electrons. The summed E-state index contributed by atoms with van der Waals surface area (Å²) in [6.07, 6.45) is -0.166. The van der Waals surface area contributed by atoms with E-state index in [1.807, 2.05) is 31.2 Å². The highest BCUT2D eigenvalue weighted by atomic mass is 79.9. The first-order valence-corrected chi connectivity index (χ1v) is 10.9. The molecule has 3 aromatic rings. The third kappa shape index (κ3) is 4.34. The van der Waals surface area contributed by atoms with E-state index in [2.05, 4.69) is 15.9 Å². The largest absolute Gasteiger partial charge is 0.322 e. The Morgan fingerprint density at radius 3 is 2.34 bits per heavy atom. The number of hydrogen-bond acceptors (Lipinski definition) is 3. The maximum Gasteiger partial charge on any atom is 0.257 e. The Morgan fingerprint density at radius 1 is 1.03 bits per heavy atom. The number of nitrogens with zero attached hydrogens (tertiary/aromatic N) is 2. The fourth-order valence-corrected chi connectivity index (χ4v) is 3.99. The van der Waals surface area contributed by atoms with Crippen molar-refractivity contribution in [3.8, 4) is 0 Å². The zero-order valence-corrected chi connectivity index (χ0v) is 18.9. The van der Waals surface area contributed by atoms with E-state index in [9.17, 15) is 18.8 Å². The standard InChI is InChI=1S/C25H20BrFN2O3/c1-16-6-8-17(9-7-16)15-28(24(31)20-4-2-3-5-21(20)27)22-14-23(30)29(25(22)32)19-12-10-18(26)11-13-19/h2-13,22H,14-15H2,1H3. The minimum atomic E-state index is -1.03. The normalized spacial score (nSPS) is 15.8.